The maximum absolute atomic E-state index is 5.81. The predicted molar refractivity (Wildman–Crippen MR) is 86.6 cm³/mol. The van der Waals surface area contributed by atoms with Gasteiger partial charge in [-0.25, -0.2) is 9.67 Å². The van der Waals surface area contributed by atoms with E-state index in [9.17, 15) is 0 Å². The molecule has 0 atom stereocenters. The molecule has 0 saturated heterocycles. The highest BCUT2D eigenvalue weighted by atomic mass is 32.1. The lowest BCUT2D eigenvalue weighted by Crippen LogP contribution is -1.91. The SMILES string of the molecule is Nc1ccc2nc(-n3cc(-c4ccccc4)cn3)sc2c1. The first-order valence-corrected chi connectivity index (χ1v) is 7.38. The number of hydrogen-bond acceptors (Lipinski definition) is 4. The standard InChI is InChI=1S/C16H12N4S/c17-13-6-7-14-15(8-13)21-16(19-14)20-10-12(9-18-20)11-4-2-1-3-5-11/h1-10H,17H2. The van der Waals surface area contributed by atoms with Crippen molar-refractivity contribution in [2.75, 3.05) is 5.73 Å². The van der Waals surface area contributed by atoms with Crippen LogP contribution in [0.5, 0.6) is 0 Å². The Morgan fingerprint density at radius 1 is 1.00 bits per heavy atom. The summed E-state index contributed by atoms with van der Waals surface area (Å²) < 4.78 is 2.88. The second kappa shape index (κ2) is 4.71. The molecule has 0 unspecified atom stereocenters. The van der Waals surface area contributed by atoms with Gasteiger partial charge in [-0.3, -0.25) is 0 Å². The second-order valence-electron chi connectivity index (χ2n) is 4.76. The summed E-state index contributed by atoms with van der Waals surface area (Å²) in [7, 11) is 0. The molecule has 0 aliphatic rings. The normalized spacial score (nSPS) is 11.0. The fourth-order valence-electron chi connectivity index (χ4n) is 2.23. The Morgan fingerprint density at radius 3 is 2.71 bits per heavy atom. The van der Waals surface area contributed by atoms with Crippen LogP contribution in [0.25, 0.3) is 26.5 Å². The third kappa shape index (κ3) is 2.17. The number of anilines is 1. The molecule has 102 valence electrons. The molecule has 4 rings (SSSR count). The molecule has 2 aromatic heterocycles. The van der Waals surface area contributed by atoms with Crippen molar-refractivity contribution in [2.45, 2.75) is 0 Å². The van der Waals surface area contributed by atoms with Crippen LogP contribution in [0.3, 0.4) is 0 Å². The molecule has 4 aromatic rings. The molecule has 0 amide bonds. The van der Waals surface area contributed by atoms with Gasteiger partial charge in [-0.15, -0.1) is 0 Å². The van der Waals surface area contributed by atoms with Gasteiger partial charge in [0.1, 0.15) is 0 Å². The average Bonchev–Trinajstić information content (AvgIpc) is 3.14. The molecule has 0 aliphatic carbocycles. The number of thiazole rings is 1. The van der Waals surface area contributed by atoms with E-state index < -0.39 is 0 Å². The van der Waals surface area contributed by atoms with Crippen LogP contribution in [0, 0.1) is 0 Å². The van der Waals surface area contributed by atoms with Gasteiger partial charge in [0.25, 0.3) is 0 Å². The van der Waals surface area contributed by atoms with Gasteiger partial charge in [0.2, 0.25) is 5.13 Å². The molecule has 21 heavy (non-hydrogen) atoms. The maximum atomic E-state index is 5.81. The van der Waals surface area contributed by atoms with E-state index in [2.05, 4.69) is 22.2 Å². The number of aromatic nitrogens is 3. The van der Waals surface area contributed by atoms with Crippen LogP contribution in [0.15, 0.2) is 60.9 Å². The van der Waals surface area contributed by atoms with Crippen molar-refractivity contribution in [1.82, 2.24) is 14.8 Å². The van der Waals surface area contributed by atoms with E-state index in [0.29, 0.717) is 0 Å². The zero-order valence-corrected chi connectivity index (χ0v) is 11.9. The van der Waals surface area contributed by atoms with E-state index in [1.165, 1.54) is 0 Å². The van der Waals surface area contributed by atoms with Crippen molar-refractivity contribution in [3.05, 3.63) is 60.9 Å². The first-order chi connectivity index (χ1) is 10.3. The van der Waals surface area contributed by atoms with E-state index >= 15 is 0 Å². The number of nitrogen functional groups attached to an aromatic ring is 1. The topological polar surface area (TPSA) is 56.7 Å². The van der Waals surface area contributed by atoms with E-state index in [1.807, 2.05) is 53.5 Å². The summed E-state index contributed by atoms with van der Waals surface area (Å²) in [6, 6.07) is 15.9. The summed E-state index contributed by atoms with van der Waals surface area (Å²) in [5.41, 5.74) is 9.73. The molecule has 5 heteroatoms. The second-order valence-corrected chi connectivity index (χ2v) is 5.77. The third-order valence-electron chi connectivity index (χ3n) is 3.29. The lowest BCUT2D eigenvalue weighted by Gasteiger charge is -1.95. The molecule has 0 bridgehead atoms. The van der Waals surface area contributed by atoms with Gasteiger partial charge in [0.05, 0.1) is 16.4 Å². The van der Waals surface area contributed by atoms with Crippen LogP contribution < -0.4 is 5.73 Å². The summed E-state index contributed by atoms with van der Waals surface area (Å²) in [6.45, 7) is 0. The maximum Gasteiger partial charge on any atom is 0.211 e. The number of fused-ring (bicyclic) bond motifs is 1. The van der Waals surface area contributed by atoms with Crippen LogP contribution in [0.4, 0.5) is 5.69 Å². The minimum atomic E-state index is 0.753. The van der Waals surface area contributed by atoms with Crippen LogP contribution in [-0.2, 0) is 0 Å². The van der Waals surface area contributed by atoms with Gasteiger partial charge >= 0.3 is 0 Å². The summed E-state index contributed by atoms with van der Waals surface area (Å²) in [5.74, 6) is 0. The molecule has 0 spiro atoms. The van der Waals surface area contributed by atoms with Crippen molar-refractivity contribution in [3.63, 3.8) is 0 Å². The van der Waals surface area contributed by atoms with Crippen LogP contribution in [-0.4, -0.2) is 14.8 Å². The average molecular weight is 292 g/mol. The summed E-state index contributed by atoms with van der Waals surface area (Å²) >= 11 is 1.58. The minimum Gasteiger partial charge on any atom is -0.399 e. The Morgan fingerprint density at radius 2 is 1.86 bits per heavy atom. The number of hydrogen-bond donors (Lipinski definition) is 1. The summed E-state index contributed by atoms with van der Waals surface area (Å²) in [6.07, 6.45) is 3.85. The molecule has 0 fully saturated rings. The van der Waals surface area contributed by atoms with Crippen molar-refractivity contribution in [2.24, 2.45) is 0 Å². The highest BCUT2D eigenvalue weighted by molar-refractivity contribution is 7.20. The Labute approximate surface area is 125 Å². The van der Waals surface area contributed by atoms with Crippen molar-refractivity contribution >= 4 is 27.2 Å². The third-order valence-corrected chi connectivity index (χ3v) is 4.29. The molecule has 0 radical (unpaired) electrons. The van der Waals surface area contributed by atoms with E-state index in [4.69, 9.17) is 5.73 Å². The van der Waals surface area contributed by atoms with Gasteiger partial charge in [-0.2, -0.15) is 5.10 Å². The van der Waals surface area contributed by atoms with Gasteiger partial charge in [0.15, 0.2) is 0 Å². The number of nitrogens with zero attached hydrogens (tertiary/aromatic N) is 3. The smallest absolute Gasteiger partial charge is 0.211 e. The molecule has 2 N–H and O–H groups in total. The van der Waals surface area contributed by atoms with E-state index in [-0.39, 0.29) is 0 Å². The molecule has 4 nitrogen and oxygen atoms in total. The Bertz CT molecular complexity index is 908. The quantitative estimate of drug-likeness (QED) is 0.573. The van der Waals surface area contributed by atoms with Gasteiger partial charge in [0, 0.05) is 17.4 Å². The van der Waals surface area contributed by atoms with Crippen LogP contribution in [0.1, 0.15) is 0 Å². The zero-order chi connectivity index (χ0) is 14.2. The van der Waals surface area contributed by atoms with Gasteiger partial charge in [-0.1, -0.05) is 41.7 Å². The summed E-state index contributed by atoms with van der Waals surface area (Å²) in [4.78, 5) is 4.59. The van der Waals surface area contributed by atoms with Gasteiger partial charge < -0.3 is 5.73 Å². The lowest BCUT2D eigenvalue weighted by molar-refractivity contribution is 0.873. The fourth-order valence-corrected chi connectivity index (χ4v) is 3.18. The highest BCUT2D eigenvalue weighted by Gasteiger charge is 2.08. The molecular formula is C16H12N4S. The molecule has 0 aliphatic heterocycles. The number of benzene rings is 2. The zero-order valence-electron chi connectivity index (χ0n) is 11.1. The Hall–Kier alpha value is -2.66. The predicted octanol–water partition coefficient (Wildman–Crippen LogP) is 3.73. The molecular weight excluding hydrogens is 280 g/mol. The fraction of sp³-hybridized carbons (Fsp3) is 0. The monoisotopic (exact) mass is 292 g/mol. The lowest BCUT2D eigenvalue weighted by atomic mass is 10.1. The molecule has 2 aromatic carbocycles. The van der Waals surface area contributed by atoms with Crippen LogP contribution in [0.2, 0.25) is 0 Å². The summed E-state index contributed by atoms with van der Waals surface area (Å²) in [5, 5.41) is 5.26. The molecule has 2 heterocycles. The Kier molecular flexibility index (Phi) is 2.72. The number of nitrogens with two attached hydrogens (primary N) is 1. The Balaban J connectivity index is 1.77. The first-order valence-electron chi connectivity index (χ1n) is 6.56. The van der Waals surface area contributed by atoms with E-state index in [0.717, 1.165) is 32.2 Å². The van der Waals surface area contributed by atoms with Gasteiger partial charge in [-0.05, 0) is 23.8 Å². The van der Waals surface area contributed by atoms with Crippen molar-refractivity contribution < 1.29 is 0 Å². The largest absolute Gasteiger partial charge is 0.399 e. The van der Waals surface area contributed by atoms with Crippen LogP contribution >= 0.6 is 11.3 Å². The van der Waals surface area contributed by atoms with E-state index in [1.54, 1.807) is 11.3 Å². The number of rotatable bonds is 2. The molecule has 0 saturated carbocycles. The minimum absolute atomic E-state index is 0.753. The highest BCUT2D eigenvalue weighted by Crippen LogP contribution is 2.27. The van der Waals surface area contributed by atoms with Crippen molar-refractivity contribution in [3.8, 4) is 16.3 Å². The first kappa shape index (κ1) is 12.1. The van der Waals surface area contributed by atoms with Crippen molar-refractivity contribution in [1.29, 1.82) is 0 Å².